The minimum atomic E-state index is -0.619. The van der Waals surface area contributed by atoms with Crippen molar-refractivity contribution >= 4 is 127 Å². The molecule has 510 valence electrons. The monoisotopic (exact) mass is 1380 g/mol. The summed E-state index contributed by atoms with van der Waals surface area (Å²) in [7, 11) is 0. The molecule has 0 amide bonds. The van der Waals surface area contributed by atoms with Crippen LogP contribution in [0.4, 0.5) is 56.9 Å². The number of hydrogen-bond acceptors (Lipinski definition) is 4. The van der Waals surface area contributed by atoms with Crippen LogP contribution in [0.5, 0.6) is 0 Å². The van der Waals surface area contributed by atoms with Gasteiger partial charge in [0.05, 0.1) is 17.1 Å². The first-order valence-electron chi connectivity index (χ1n) is 37.3. The lowest BCUT2D eigenvalue weighted by Gasteiger charge is -2.46. The van der Waals surface area contributed by atoms with E-state index in [9.17, 15) is 0 Å². The number of rotatable bonds is 14. The van der Waals surface area contributed by atoms with Gasteiger partial charge in [-0.05, 0) is 174 Å². The molecule has 0 heterocycles. The van der Waals surface area contributed by atoms with Gasteiger partial charge < -0.3 is 20.0 Å². The molecule has 2 aliphatic carbocycles. The highest BCUT2D eigenvalue weighted by Crippen LogP contribution is 2.58. The molecule has 4 nitrogen and oxygen atoms in total. The molecule has 0 saturated carbocycles. The third-order valence-corrected chi connectivity index (χ3v) is 21.6. The highest BCUT2D eigenvalue weighted by molar-refractivity contribution is 6.31. The van der Waals surface area contributed by atoms with E-state index in [0.29, 0.717) is 0 Å². The molecule has 18 aromatic carbocycles. The predicted octanol–water partition coefficient (Wildman–Crippen LogP) is 28.4. The van der Waals surface area contributed by atoms with Crippen molar-refractivity contribution in [3.8, 4) is 11.1 Å². The van der Waals surface area contributed by atoms with E-state index in [1.807, 2.05) is 0 Å². The Morgan fingerprint density at radius 3 is 0.824 bits per heavy atom. The molecule has 0 bridgehead atoms. The first kappa shape index (κ1) is 64.8. The first-order valence-corrected chi connectivity index (χ1v) is 37.3. The van der Waals surface area contributed by atoms with Crippen LogP contribution in [-0.4, -0.2) is 0 Å². The highest BCUT2D eigenvalue weighted by atomic mass is 15.2. The third-order valence-electron chi connectivity index (χ3n) is 21.6. The van der Waals surface area contributed by atoms with Crippen molar-refractivity contribution in [1.29, 1.82) is 0 Å². The van der Waals surface area contributed by atoms with Gasteiger partial charge in [-0.15, -0.1) is 0 Å². The fraction of sp³-hybridized carbons (Fsp3) is 0.0192. The summed E-state index contributed by atoms with van der Waals surface area (Å²) in [6.07, 6.45) is 7.73. The van der Waals surface area contributed by atoms with Crippen molar-refractivity contribution in [2.24, 2.45) is 0 Å². The number of hydrogen-bond donors (Lipinski definition) is 1. The molecular weight excluding hydrogens is 1310 g/mol. The Balaban J connectivity index is 0.000000147. The van der Waals surface area contributed by atoms with E-state index >= 15 is 0 Å². The van der Waals surface area contributed by atoms with Crippen LogP contribution in [0.25, 0.3) is 81.3 Å². The van der Waals surface area contributed by atoms with Crippen LogP contribution in [0.1, 0.15) is 28.7 Å². The maximum Gasteiger partial charge on any atom is 0.115 e. The second kappa shape index (κ2) is 28.2. The summed E-state index contributed by atoms with van der Waals surface area (Å²) in [5.41, 5.74) is 22.1. The SMILES string of the molecule is C1=CCC2=C(c3c4ccccc4c(N(c4ccccc4)c4ccccc4)c4ccccc34)c3ccccc3C(Nc3ccccc3)(c3ccccc3)C2=C1.c1ccc(N(c2ccccc2)c2c3ccccc3c(-c3c4ccccc4c(N(c4ccccc4)c4ccccc4)c4ccccc34)c3ccccc23)cc1. The standard InChI is InChI=1S/C52H36N2.C52H38N2/c1-5-21-37(22-6-1)53(38-23-7-2-8-24-38)51-45-33-17-13-29-41(45)49(42-30-14-18-34-46(42)51)50-43-31-15-19-35-47(43)52(48-36-20-16-32-44(48)50)54(39-25-9-3-10-26-39)40-27-11-4-12-28-40;1-5-21-37(22-6-1)52(53-38-23-7-2-8-24-38)47-35-19-17-33-45(47)50(46-34-18-20-36-48(46)52)49-41-29-13-15-31-43(41)51(44-32-16-14-30-42(44)49)54(39-25-9-3-10-26-39)40-27-11-4-12-28-40/h1-36H;1-33,35-36,53H,34H2. The first-order chi connectivity index (χ1) is 53.7. The summed E-state index contributed by atoms with van der Waals surface area (Å²) < 4.78 is 0. The normalized spacial score (nSPS) is 13.7. The minimum Gasteiger partial charge on any atom is -0.368 e. The minimum absolute atomic E-state index is 0.619. The van der Waals surface area contributed by atoms with Gasteiger partial charge in [0.1, 0.15) is 5.54 Å². The van der Waals surface area contributed by atoms with Crippen LogP contribution in [0.15, 0.2) is 442 Å². The van der Waals surface area contributed by atoms with Gasteiger partial charge in [0.25, 0.3) is 0 Å². The Morgan fingerprint density at radius 2 is 0.500 bits per heavy atom. The fourth-order valence-electron chi connectivity index (χ4n) is 17.2. The molecule has 4 heteroatoms. The van der Waals surface area contributed by atoms with Crippen molar-refractivity contribution < 1.29 is 0 Å². The molecule has 18 aromatic rings. The summed E-state index contributed by atoms with van der Waals surface area (Å²) in [6, 6.07) is 149. The molecule has 0 aromatic heterocycles. The lowest BCUT2D eigenvalue weighted by atomic mass is 9.63. The van der Waals surface area contributed by atoms with E-state index in [2.05, 4.69) is 451 Å². The zero-order chi connectivity index (χ0) is 71.7. The van der Waals surface area contributed by atoms with Crippen molar-refractivity contribution in [2.45, 2.75) is 12.0 Å². The van der Waals surface area contributed by atoms with Gasteiger partial charge >= 0.3 is 0 Å². The van der Waals surface area contributed by atoms with Gasteiger partial charge in [-0.1, -0.05) is 346 Å². The van der Waals surface area contributed by atoms with Crippen molar-refractivity contribution in [2.75, 3.05) is 20.0 Å². The number of nitrogens with zero attached hydrogens (tertiary/aromatic N) is 3. The molecule has 0 fully saturated rings. The topological polar surface area (TPSA) is 21.8 Å². The average Bonchev–Trinajstić information content (AvgIpc) is 0.711. The third kappa shape index (κ3) is 11.2. The molecular formula is C104H74N4. The number of fused-ring (bicyclic) bond motifs is 8. The maximum absolute atomic E-state index is 4.13. The smallest absolute Gasteiger partial charge is 0.115 e. The second-order valence-electron chi connectivity index (χ2n) is 27.7. The summed E-state index contributed by atoms with van der Waals surface area (Å²) in [5, 5.41) is 18.7. The van der Waals surface area contributed by atoms with E-state index < -0.39 is 5.54 Å². The number of nitrogens with one attached hydrogen (secondary N) is 1. The van der Waals surface area contributed by atoms with E-state index in [1.165, 1.54) is 132 Å². The largest absolute Gasteiger partial charge is 0.368 e. The quantitative estimate of drug-likeness (QED) is 0.110. The molecule has 1 atom stereocenters. The highest BCUT2D eigenvalue weighted by Gasteiger charge is 2.46. The van der Waals surface area contributed by atoms with Crippen molar-refractivity contribution in [3.63, 3.8) is 0 Å². The lowest BCUT2D eigenvalue weighted by Crippen LogP contribution is -2.43. The Hall–Kier alpha value is -14.1. The molecule has 0 aliphatic heterocycles. The fourth-order valence-corrected chi connectivity index (χ4v) is 17.2. The van der Waals surface area contributed by atoms with E-state index in [4.69, 9.17) is 0 Å². The molecule has 2 aliphatic rings. The van der Waals surface area contributed by atoms with Gasteiger partial charge in [0.15, 0.2) is 0 Å². The van der Waals surface area contributed by atoms with Crippen LogP contribution in [-0.2, 0) is 5.54 Å². The van der Waals surface area contributed by atoms with Crippen LogP contribution in [0.3, 0.4) is 0 Å². The number of allylic oxidation sites excluding steroid dienone is 3. The number of para-hydroxylation sites is 7. The van der Waals surface area contributed by atoms with Gasteiger partial charge in [-0.2, -0.15) is 0 Å². The second-order valence-corrected chi connectivity index (χ2v) is 27.7. The Kier molecular flexibility index (Phi) is 16.9. The molecule has 20 rings (SSSR count). The molecule has 1 unspecified atom stereocenters. The zero-order valence-electron chi connectivity index (χ0n) is 59.5. The van der Waals surface area contributed by atoms with Gasteiger partial charge in [0, 0.05) is 72.1 Å². The summed E-state index contributed by atoms with van der Waals surface area (Å²) >= 11 is 0. The summed E-state index contributed by atoms with van der Waals surface area (Å²) in [5.74, 6) is 0. The Morgan fingerprint density at radius 1 is 0.241 bits per heavy atom. The van der Waals surface area contributed by atoms with Crippen molar-refractivity contribution in [1.82, 2.24) is 0 Å². The Labute approximate surface area is 630 Å². The van der Waals surface area contributed by atoms with Crippen molar-refractivity contribution in [3.05, 3.63) is 464 Å². The van der Waals surface area contributed by atoms with Crippen LogP contribution < -0.4 is 20.0 Å². The van der Waals surface area contributed by atoms with Crippen LogP contribution in [0, 0.1) is 0 Å². The van der Waals surface area contributed by atoms with E-state index in [-0.39, 0.29) is 0 Å². The van der Waals surface area contributed by atoms with E-state index in [0.717, 1.165) is 46.2 Å². The predicted molar refractivity (Wildman–Crippen MR) is 459 cm³/mol. The molecule has 0 spiro atoms. The van der Waals surface area contributed by atoms with Gasteiger partial charge in [-0.3, -0.25) is 0 Å². The summed E-state index contributed by atoms with van der Waals surface area (Å²) in [4.78, 5) is 7.27. The number of anilines is 10. The lowest BCUT2D eigenvalue weighted by molar-refractivity contribution is 0.684. The molecule has 108 heavy (non-hydrogen) atoms. The summed E-state index contributed by atoms with van der Waals surface area (Å²) in [6.45, 7) is 0. The van der Waals surface area contributed by atoms with Crippen LogP contribution >= 0.6 is 0 Å². The average molecular weight is 1380 g/mol. The molecule has 0 saturated heterocycles. The zero-order valence-corrected chi connectivity index (χ0v) is 59.5. The number of benzene rings is 18. The van der Waals surface area contributed by atoms with Crippen LogP contribution in [0.2, 0.25) is 0 Å². The van der Waals surface area contributed by atoms with Gasteiger partial charge in [-0.25, -0.2) is 0 Å². The molecule has 1 N–H and O–H groups in total. The van der Waals surface area contributed by atoms with E-state index in [1.54, 1.807) is 0 Å². The molecule has 0 radical (unpaired) electrons. The maximum atomic E-state index is 4.13. The van der Waals surface area contributed by atoms with Gasteiger partial charge in [0.2, 0.25) is 0 Å². The Bertz CT molecular complexity index is 5970.